The van der Waals surface area contributed by atoms with Crippen LogP contribution >= 0.6 is 0 Å². The lowest BCUT2D eigenvalue weighted by Gasteiger charge is -2.35. The minimum atomic E-state index is 0.0874. The van der Waals surface area contributed by atoms with Gasteiger partial charge in [0, 0.05) is 25.6 Å². The molecule has 2 fully saturated rings. The van der Waals surface area contributed by atoms with Crippen molar-refractivity contribution in [3.63, 3.8) is 0 Å². The smallest absolute Gasteiger partial charge is 0.217 e. The van der Waals surface area contributed by atoms with E-state index in [1.54, 1.807) is 6.92 Å². The molecule has 0 spiro atoms. The number of amides is 1. The second-order valence-electron chi connectivity index (χ2n) is 6.47. The van der Waals surface area contributed by atoms with Crippen LogP contribution in [0, 0.1) is 0 Å². The number of nitrogens with zero attached hydrogens (tertiary/aromatic N) is 1. The van der Waals surface area contributed by atoms with Crippen LogP contribution in [0.2, 0.25) is 0 Å². The number of hydrogen-bond donors (Lipinski definition) is 1. The van der Waals surface area contributed by atoms with E-state index >= 15 is 0 Å². The molecule has 20 heavy (non-hydrogen) atoms. The maximum absolute atomic E-state index is 11.4. The summed E-state index contributed by atoms with van der Waals surface area (Å²) in [6.45, 7) is 2.76. The molecule has 0 aromatic rings. The average Bonchev–Trinajstić information content (AvgIpc) is 3.01. The van der Waals surface area contributed by atoms with Crippen molar-refractivity contribution < 1.29 is 4.79 Å². The normalized spacial score (nSPS) is 30.4. The summed E-state index contributed by atoms with van der Waals surface area (Å²) in [5.74, 6) is 0.0874. The van der Waals surface area contributed by atoms with E-state index in [9.17, 15) is 4.79 Å². The molecule has 2 aliphatic heterocycles. The molecule has 0 aromatic heterocycles. The zero-order chi connectivity index (χ0) is 13.9. The van der Waals surface area contributed by atoms with E-state index < -0.39 is 0 Å². The fourth-order valence-corrected chi connectivity index (χ4v) is 4.19. The van der Waals surface area contributed by atoms with Gasteiger partial charge in [0.05, 0.1) is 6.04 Å². The molecule has 1 N–H and O–H groups in total. The van der Waals surface area contributed by atoms with Gasteiger partial charge in [0.2, 0.25) is 5.91 Å². The van der Waals surface area contributed by atoms with Crippen LogP contribution in [0.3, 0.4) is 0 Å². The summed E-state index contributed by atoms with van der Waals surface area (Å²) < 4.78 is 0. The van der Waals surface area contributed by atoms with Crippen LogP contribution in [-0.2, 0) is 4.79 Å². The van der Waals surface area contributed by atoms with Gasteiger partial charge in [-0.2, -0.15) is 0 Å². The third-order valence-corrected chi connectivity index (χ3v) is 5.15. The Morgan fingerprint density at radius 2 is 2.10 bits per heavy atom. The van der Waals surface area contributed by atoms with Crippen LogP contribution in [0.5, 0.6) is 0 Å². The zero-order valence-electron chi connectivity index (χ0n) is 12.5. The minimum absolute atomic E-state index is 0.0874. The zero-order valence-corrected chi connectivity index (χ0v) is 12.5. The Kier molecular flexibility index (Phi) is 4.25. The lowest BCUT2D eigenvalue weighted by Crippen LogP contribution is -2.43. The van der Waals surface area contributed by atoms with E-state index in [0.29, 0.717) is 0 Å². The molecule has 3 nitrogen and oxygen atoms in total. The lowest BCUT2D eigenvalue weighted by molar-refractivity contribution is -0.119. The molecular formula is C17H26N2O. The quantitative estimate of drug-likeness (QED) is 0.836. The van der Waals surface area contributed by atoms with E-state index in [1.807, 2.05) is 0 Å². The van der Waals surface area contributed by atoms with Crippen molar-refractivity contribution in [1.82, 2.24) is 10.2 Å². The number of carbonyl (C=O) groups excluding carboxylic acids is 1. The predicted octanol–water partition coefficient (Wildman–Crippen LogP) is 2.78. The van der Waals surface area contributed by atoms with Crippen molar-refractivity contribution in [2.24, 2.45) is 0 Å². The highest BCUT2D eigenvalue weighted by molar-refractivity contribution is 5.73. The number of fused-ring (bicyclic) bond motifs is 2. The van der Waals surface area contributed by atoms with E-state index in [2.05, 4.69) is 28.4 Å². The molecule has 0 saturated carbocycles. The number of carbonyl (C=O) groups is 1. The van der Waals surface area contributed by atoms with Crippen molar-refractivity contribution in [2.45, 2.75) is 70.0 Å². The number of piperidine rings is 1. The molecule has 2 bridgehead atoms. The van der Waals surface area contributed by atoms with Crippen molar-refractivity contribution >= 4 is 5.91 Å². The first-order valence-corrected chi connectivity index (χ1v) is 8.12. The maximum atomic E-state index is 11.4. The Bertz CT molecular complexity index is 411. The largest absolute Gasteiger partial charge is 0.350 e. The van der Waals surface area contributed by atoms with Crippen molar-refractivity contribution in [3.05, 3.63) is 23.8 Å². The first-order valence-electron chi connectivity index (χ1n) is 8.12. The molecule has 0 radical (unpaired) electrons. The van der Waals surface area contributed by atoms with Crippen LogP contribution in [0.25, 0.3) is 0 Å². The fraction of sp³-hybridized carbons (Fsp3) is 0.706. The van der Waals surface area contributed by atoms with Crippen LogP contribution < -0.4 is 5.32 Å². The highest BCUT2D eigenvalue weighted by Gasteiger charge is 2.36. The van der Waals surface area contributed by atoms with Gasteiger partial charge in [-0.05, 0) is 44.1 Å². The third kappa shape index (κ3) is 2.98. The fourth-order valence-electron chi connectivity index (χ4n) is 4.19. The van der Waals surface area contributed by atoms with E-state index in [4.69, 9.17) is 0 Å². The summed E-state index contributed by atoms with van der Waals surface area (Å²) in [6, 6.07) is 1.87. The van der Waals surface area contributed by atoms with Crippen molar-refractivity contribution in [2.75, 3.05) is 6.54 Å². The standard InChI is InChI=1S/C17H26N2O/c1-13(20)18-17(14-5-2-3-6-14)11-12-19-15-7-4-8-16(19)10-9-15/h2-3,5,15-17H,4,6-12H2,1H3,(H,18,20)/t15?,16?,17-/m0/s1. The first kappa shape index (κ1) is 13.9. The molecule has 3 rings (SSSR count). The Morgan fingerprint density at radius 3 is 2.70 bits per heavy atom. The van der Waals surface area contributed by atoms with Gasteiger partial charge in [0.25, 0.3) is 0 Å². The summed E-state index contributed by atoms with van der Waals surface area (Å²) in [5.41, 5.74) is 1.37. The molecule has 3 heteroatoms. The van der Waals surface area contributed by atoms with Gasteiger partial charge in [0.1, 0.15) is 0 Å². The Balaban J connectivity index is 1.58. The lowest BCUT2D eigenvalue weighted by atomic mass is 9.99. The Labute approximate surface area is 122 Å². The predicted molar refractivity (Wildman–Crippen MR) is 81.4 cm³/mol. The van der Waals surface area contributed by atoms with Gasteiger partial charge in [-0.15, -0.1) is 0 Å². The molecule has 2 heterocycles. The van der Waals surface area contributed by atoms with Gasteiger partial charge >= 0.3 is 0 Å². The maximum Gasteiger partial charge on any atom is 0.217 e. The molecule has 3 aliphatic rings. The van der Waals surface area contributed by atoms with Crippen LogP contribution in [0.1, 0.15) is 51.9 Å². The molecule has 0 aromatic carbocycles. The summed E-state index contributed by atoms with van der Waals surface area (Å²) in [6.07, 6.45) is 15.5. The van der Waals surface area contributed by atoms with Crippen molar-refractivity contribution in [3.8, 4) is 0 Å². The molecule has 2 unspecified atom stereocenters. The van der Waals surface area contributed by atoms with Crippen LogP contribution in [-0.4, -0.2) is 35.5 Å². The monoisotopic (exact) mass is 274 g/mol. The second-order valence-corrected chi connectivity index (χ2v) is 6.47. The number of allylic oxidation sites excluding steroid dienone is 3. The topological polar surface area (TPSA) is 32.3 Å². The number of nitrogens with one attached hydrogen (secondary N) is 1. The van der Waals surface area contributed by atoms with E-state index in [0.717, 1.165) is 31.5 Å². The molecular weight excluding hydrogens is 248 g/mol. The van der Waals surface area contributed by atoms with Gasteiger partial charge in [-0.1, -0.05) is 24.6 Å². The van der Waals surface area contributed by atoms with Gasteiger partial charge in [-0.3, -0.25) is 9.69 Å². The van der Waals surface area contributed by atoms with E-state index in [1.165, 1.54) is 37.7 Å². The summed E-state index contributed by atoms with van der Waals surface area (Å²) >= 11 is 0. The number of rotatable bonds is 5. The summed E-state index contributed by atoms with van der Waals surface area (Å²) in [5, 5.41) is 3.14. The highest BCUT2D eigenvalue weighted by atomic mass is 16.1. The highest BCUT2D eigenvalue weighted by Crippen LogP contribution is 2.35. The van der Waals surface area contributed by atoms with Crippen LogP contribution in [0.4, 0.5) is 0 Å². The SMILES string of the molecule is CC(=O)N[C@@H](CCN1C2CCCC1CC2)C1=CC=CC1. The Morgan fingerprint density at radius 1 is 1.35 bits per heavy atom. The molecule has 1 amide bonds. The van der Waals surface area contributed by atoms with Gasteiger partial charge < -0.3 is 5.32 Å². The molecule has 1 aliphatic carbocycles. The summed E-state index contributed by atoms with van der Waals surface area (Å²) in [4.78, 5) is 14.2. The molecule has 110 valence electrons. The van der Waals surface area contributed by atoms with Crippen LogP contribution in [0.15, 0.2) is 23.8 Å². The third-order valence-electron chi connectivity index (χ3n) is 5.15. The first-order chi connectivity index (χ1) is 9.74. The average molecular weight is 274 g/mol. The van der Waals surface area contributed by atoms with E-state index in [-0.39, 0.29) is 11.9 Å². The summed E-state index contributed by atoms with van der Waals surface area (Å²) in [7, 11) is 0. The second kappa shape index (κ2) is 6.13. The molecule has 2 saturated heterocycles. The molecule has 3 atom stereocenters. The Hall–Kier alpha value is -1.09. The van der Waals surface area contributed by atoms with Gasteiger partial charge in [0.15, 0.2) is 0 Å². The van der Waals surface area contributed by atoms with Crippen molar-refractivity contribution in [1.29, 1.82) is 0 Å². The minimum Gasteiger partial charge on any atom is -0.350 e. The van der Waals surface area contributed by atoms with Gasteiger partial charge in [-0.25, -0.2) is 0 Å². The number of hydrogen-bond acceptors (Lipinski definition) is 2.